The maximum atomic E-state index is 14.8. The van der Waals surface area contributed by atoms with Crippen molar-refractivity contribution in [2.75, 3.05) is 27.2 Å². The molecule has 7 amide bonds. The van der Waals surface area contributed by atoms with Gasteiger partial charge in [-0.05, 0) is 81.6 Å². The Hall–Kier alpha value is -5.63. The number of likely N-dealkylation sites (N-methyl/N-ethyl adjacent to an activating group) is 2. The summed E-state index contributed by atoms with van der Waals surface area (Å²) >= 11 is 0. The van der Waals surface area contributed by atoms with Crippen molar-refractivity contribution in [3.63, 3.8) is 0 Å². The number of fused-ring (bicyclic) bond motifs is 1. The van der Waals surface area contributed by atoms with Crippen molar-refractivity contribution in [3.05, 3.63) is 35.9 Å². The Labute approximate surface area is 424 Å². The van der Waals surface area contributed by atoms with Gasteiger partial charge in [-0.1, -0.05) is 85.7 Å². The minimum absolute atomic E-state index is 0.0457. The van der Waals surface area contributed by atoms with Crippen LogP contribution in [0.15, 0.2) is 30.3 Å². The first kappa shape index (κ1) is 58.9. The molecule has 3 saturated heterocycles. The molecule has 0 spiro atoms. The van der Waals surface area contributed by atoms with E-state index in [9.17, 15) is 53.4 Å². The van der Waals surface area contributed by atoms with Crippen LogP contribution in [-0.4, -0.2) is 177 Å². The lowest BCUT2D eigenvalue weighted by atomic mass is 9.95. The lowest BCUT2D eigenvalue weighted by Crippen LogP contribution is -2.62. The predicted molar refractivity (Wildman–Crippen MR) is 265 cm³/mol. The third kappa shape index (κ3) is 15.2. The molecule has 1 aromatic carbocycles. The number of amides is 7. The van der Waals surface area contributed by atoms with Gasteiger partial charge in [0.1, 0.15) is 48.5 Å². The number of nitrogens with one attached hydrogen (secondary N) is 3. The Morgan fingerprint density at radius 3 is 2.06 bits per heavy atom. The third-order valence-electron chi connectivity index (χ3n) is 13.8. The molecule has 0 saturated carbocycles. The molecule has 4 rings (SSSR count). The monoisotopic (exact) mass is 1010 g/mol. The van der Waals surface area contributed by atoms with Crippen LogP contribution < -0.4 is 16.0 Å². The Balaban J connectivity index is 1.83. The van der Waals surface area contributed by atoms with Crippen molar-refractivity contribution in [2.45, 2.75) is 187 Å². The highest BCUT2D eigenvalue weighted by Gasteiger charge is 2.45. The minimum Gasteiger partial charge on any atom is -0.458 e. The highest BCUT2D eigenvalue weighted by atomic mass is 16.6. The van der Waals surface area contributed by atoms with Crippen LogP contribution in [-0.2, 0) is 59.0 Å². The molecule has 402 valence electrons. The van der Waals surface area contributed by atoms with Gasteiger partial charge in [-0.3, -0.25) is 38.4 Å². The van der Waals surface area contributed by atoms with Gasteiger partial charge in [0.15, 0.2) is 6.10 Å². The molecule has 3 heterocycles. The van der Waals surface area contributed by atoms with Crippen molar-refractivity contribution in [1.29, 1.82) is 0 Å². The Morgan fingerprint density at radius 2 is 1.47 bits per heavy atom. The van der Waals surface area contributed by atoms with Crippen LogP contribution in [0, 0.1) is 23.7 Å². The zero-order valence-corrected chi connectivity index (χ0v) is 44.3. The van der Waals surface area contributed by atoms with Crippen LogP contribution in [0.3, 0.4) is 0 Å². The van der Waals surface area contributed by atoms with Crippen LogP contribution in [0.4, 0.5) is 0 Å². The van der Waals surface area contributed by atoms with E-state index in [0.29, 0.717) is 24.8 Å². The standard InChI is InChI=1S/C52H81N7O13/c1-28(2)24-35-49(67)59-23-17-21-37(59)51(69)57(12)39(26-34-18-14-13-15-19-34)52(70)71-33(10)43(46(64)54-42(30(5)6)40(61)27-41(62)72-44(31(7)8)47(65)53-35)55-45(63)38(25-29(3)4)56(11)50(68)36-20-16-22-58(36)48(66)32(9)60/h13-15,18-19,28-33,35-40,42-44,60-61H,16-17,20-27H2,1-12H3,(H,53,65)(H,54,64)(H,55,63)/t32-,33+,35-,36?,37-,38?,39-,40-,42+,43-,44-/m0/s1. The number of likely N-dealkylation sites (tertiary alicyclic amines) is 1. The number of carbonyl (C=O) groups excluding carboxylic acids is 9. The van der Waals surface area contributed by atoms with Gasteiger partial charge in [-0.25, -0.2) is 4.79 Å². The molecular formula is C52H81N7O13. The summed E-state index contributed by atoms with van der Waals surface area (Å²) in [6.45, 7) is 17.2. The molecule has 3 aliphatic heterocycles. The van der Waals surface area contributed by atoms with Gasteiger partial charge in [0.25, 0.3) is 11.8 Å². The fraction of sp³-hybridized carbons (Fsp3) is 0.712. The van der Waals surface area contributed by atoms with Crippen molar-refractivity contribution in [3.8, 4) is 0 Å². The highest BCUT2D eigenvalue weighted by molar-refractivity contribution is 5.97. The SMILES string of the molecule is CC(C)CC(C(=O)N[C@@H]1C(=O)N[C@H](C(C)C)[C@@H](O)CC(=O)O[C@@H](C(C)C)C(=O)N[C@@H](CC(C)C)C(=O)N2CCC[C@H]2C(=O)N(C)[C@@H](Cc2ccccc2)C(=O)O[C@@H]1C)N(C)C(=O)C1CCCN1C(=O)[C@H](C)O. The van der Waals surface area contributed by atoms with E-state index < -0.39 is 138 Å². The first-order valence-corrected chi connectivity index (χ1v) is 25.6. The number of esters is 2. The Morgan fingerprint density at radius 1 is 0.833 bits per heavy atom. The van der Waals surface area contributed by atoms with E-state index in [1.54, 1.807) is 58.0 Å². The van der Waals surface area contributed by atoms with E-state index in [1.807, 2.05) is 27.7 Å². The molecule has 72 heavy (non-hydrogen) atoms. The summed E-state index contributed by atoms with van der Waals surface area (Å²) < 4.78 is 11.8. The molecule has 2 unspecified atom stereocenters. The van der Waals surface area contributed by atoms with E-state index in [1.165, 1.54) is 47.5 Å². The normalized spacial score (nSPS) is 27.5. The number of hydrogen-bond donors (Lipinski definition) is 5. The first-order valence-electron chi connectivity index (χ1n) is 25.6. The minimum atomic E-state index is -1.71. The number of aliphatic hydroxyl groups is 2. The smallest absolute Gasteiger partial charge is 0.329 e. The maximum absolute atomic E-state index is 14.8. The number of cyclic esters (lactones) is 2. The molecule has 11 atom stereocenters. The van der Waals surface area contributed by atoms with E-state index in [-0.39, 0.29) is 50.6 Å². The van der Waals surface area contributed by atoms with E-state index in [0.717, 1.165) is 0 Å². The number of carbonyl (C=O) groups is 9. The molecule has 0 aliphatic carbocycles. The average molecular weight is 1010 g/mol. The number of nitrogens with zero attached hydrogens (tertiary/aromatic N) is 4. The fourth-order valence-electron chi connectivity index (χ4n) is 9.76. The number of rotatable bonds is 13. The molecule has 0 aromatic heterocycles. The molecule has 0 radical (unpaired) electrons. The number of benzene rings is 1. The van der Waals surface area contributed by atoms with Gasteiger partial charge >= 0.3 is 11.9 Å². The van der Waals surface area contributed by atoms with Crippen molar-refractivity contribution in [2.24, 2.45) is 23.7 Å². The predicted octanol–water partition coefficient (Wildman–Crippen LogP) is 1.71. The van der Waals surface area contributed by atoms with E-state index in [4.69, 9.17) is 9.47 Å². The topological polar surface area (TPSA) is 262 Å². The first-order chi connectivity index (χ1) is 33.7. The highest BCUT2D eigenvalue weighted by Crippen LogP contribution is 2.26. The van der Waals surface area contributed by atoms with Crippen molar-refractivity contribution < 1.29 is 62.8 Å². The molecule has 20 heteroatoms. The summed E-state index contributed by atoms with van der Waals surface area (Å²) in [4.78, 5) is 133. The van der Waals surface area contributed by atoms with Gasteiger partial charge in [0, 0.05) is 33.6 Å². The summed E-state index contributed by atoms with van der Waals surface area (Å²) in [5.41, 5.74) is 0.657. The number of hydrogen-bond acceptors (Lipinski definition) is 13. The van der Waals surface area contributed by atoms with Crippen LogP contribution in [0.5, 0.6) is 0 Å². The summed E-state index contributed by atoms with van der Waals surface area (Å²) in [6, 6.07) is 0.329. The molecule has 5 N–H and O–H groups in total. The van der Waals surface area contributed by atoms with Crippen LogP contribution in [0.2, 0.25) is 0 Å². The summed E-state index contributed by atoms with van der Waals surface area (Å²) in [5.74, 6) is -8.09. The zero-order chi connectivity index (χ0) is 53.9. The van der Waals surface area contributed by atoms with Crippen molar-refractivity contribution in [1.82, 2.24) is 35.6 Å². The average Bonchev–Trinajstić information content (AvgIpc) is 4.01. The Bertz CT molecular complexity index is 2080. The second-order valence-corrected chi connectivity index (χ2v) is 21.3. The van der Waals surface area contributed by atoms with E-state index in [2.05, 4.69) is 16.0 Å². The van der Waals surface area contributed by atoms with Gasteiger partial charge in [0.05, 0.1) is 18.6 Å². The van der Waals surface area contributed by atoms with E-state index >= 15 is 0 Å². The second kappa shape index (κ2) is 26.4. The summed E-state index contributed by atoms with van der Waals surface area (Å²) in [5, 5.41) is 30.0. The quantitative estimate of drug-likeness (QED) is 0.177. The van der Waals surface area contributed by atoms with Gasteiger partial charge < -0.3 is 55.2 Å². The zero-order valence-electron chi connectivity index (χ0n) is 44.3. The molecule has 0 bridgehead atoms. The largest absolute Gasteiger partial charge is 0.458 e. The molecule has 3 fully saturated rings. The summed E-state index contributed by atoms with van der Waals surface area (Å²) in [7, 11) is 2.84. The second-order valence-electron chi connectivity index (χ2n) is 21.3. The maximum Gasteiger partial charge on any atom is 0.329 e. The lowest BCUT2D eigenvalue weighted by Gasteiger charge is -2.36. The number of aliphatic hydroxyl groups excluding tert-OH is 2. The molecule has 20 nitrogen and oxygen atoms in total. The van der Waals surface area contributed by atoms with Crippen LogP contribution >= 0.6 is 0 Å². The van der Waals surface area contributed by atoms with Gasteiger partial charge in [-0.2, -0.15) is 0 Å². The molecular weight excluding hydrogens is 931 g/mol. The Kier molecular flexibility index (Phi) is 21.6. The fourth-order valence-corrected chi connectivity index (χ4v) is 9.76. The van der Waals surface area contributed by atoms with Gasteiger partial charge in [0.2, 0.25) is 29.5 Å². The number of ether oxygens (including phenoxy) is 2. The van der Waals surface area contributed by atoms with Crippen LogP contribution in [0.25, 0.3) is 0 Å². The van der Waals surface area contributed by atoms with Gasteiger partial charge in [-0.15, -0.1) is 0 Å². The summed E-state index contributed by atoms with van der Waals surface area (Å²) in [6.07, 6.45) is -4.78. The lowest BCUT2D eigenvalue weighted by molar-refractivity contribution is -0.162. The third-order valence-corrected chi connectivity index (χ3v) is 13.8. The van der Waals surface area contributed by atoms with Crippen LogP contribution in [0.1, 0.15) is 120 Å². The molecule has 3 aliphatic rings. The molecule has 1 aromatic rings. The van der Waals surface area contributed by atoms with Crippen molar-refractivity contribution >= 4 is 53.3 Å².